The van der Waals surface area contributed by atoms with Crippen molar-refractivity contribution in [3.8, 4) is 5.75 Å². The van der Waals surface area contributed by atoms with Gasteiger partial charge in [0.05, 0.1) is 23.3 Å². The molecule has 0 amide bonds. The number of halogens is 1. The smallest absolute Gasteiger partial charge is 0.178 e. The lowest BCUT2D eigenvalue weighted by Gasteiger charge is -2.41. The Hall–Kier alpha value is -1.68. The normalized spacial score (nSPS) is 25.3. The van der Waals surface area contributed by atoms with Crippen LogP contribution in [0.3, 0.4) is 0 Å². The molecule has 0 bridgehead atoms. The van der Waals surface area contributed by atoms with Gasteiger partial charge in [0, 0.05) is 37.3 Å². The number of likely N-dealkylation sites (N-methyl/N-ethyl adjacent to an activating group) is 1. The zero-order valence-electron chi connectivity index (χ0n) is 25.9. The van der Waals surface area contributed by atoms with E-state index in [1.165, 1.54) is 24.0 Å². The van der Waals surface area contributed by atoms with E-state index < -0.39 is 9.84 Å². The summed E-state index contributed by atoms with van der Waals surface area (Å²) < 4.78 is 39.2. The second kappa shape index (κ2) is 13.5. The molecule has 0 N–H and O–H groups in total. The van der Waals surface area contributed by atoms with Crippen LogP contribution in [0.5, 0.6) is 5.75 Å². The maximum atomic E-state index is 13.4. The van der Waals surface area contributed by atoms with Crippen molar-refractivity contribution in [1.82, 2.24) is 14.7 Å². The Morgan fingerprint density at radius 2 is 1.86 bits per heavy atom. The maximum Gasteiger partial charge on any atom is 0.178 e. The summed E-state index contributed by atoms with van der Waals surface area (Å²) in [4.78, 5) is 7.62. The summed E-state index contributed by atoms with van der Waals surface area (Å²) in [6.07, 6.45) is 4.04. The molecular weight excluding hydrogens is 570 g/mol. The van der Waals surface area contributed by atoms with Crippen LogP contribution in [0.2, 0.25) is 5.02 Å². The second-order valence-electron chi connectivity index (χ2n) is 12.7. The van der Waals surface area contributed by atoms with Gasteiger partial charge in [0.25, 0.3) is 0 Å². The summed E-state index contributed by atoms with van der Waals surface area (Å²) >= 11 is 6.56. The molecule has 0 aromatic heterocycles. The Bertz CT molecular complexity index is 1350. The minimum Gasteiger partial charge on any atom is -0.484 e. The third-order valence-corrected chi connectivity index (χ3v) is 11.6. The molecule has 3 aliphatic rings. The summed E-state index contributed by atoms with van der Waals surface area (Å²) in [5, 5.41) is 0.729. The van der Waals surface area contributed by atoms with E-state index >= 15 is 0 Å². The molecule has 4 atom stereocenters. The molecule has 0 spiro atoms. The molecule has 2 heterocycles. The Balaban J connectivity index is 1.33. The fourth-order valence-electron chi connectivity index (χ4n) is 7.10. The minimum absolute atomic E-state index is 0.145. The highest BCUT2D eigenvalue weighted by atomic mass is 35.5. The van der Waals surface area contributed by atoms with E-state index in [2.05, 4.69) is 41.8 Å². The predicted molar refractivity (Wildman–Crippen MR) is 170 cm³/mol. The largest absolute Gasteiger partial charge is 0.484 e. The van der Waals surface area contributed by atoms with Crippen LogP contribution < -0.4 is 4.74 Å². The van der Waals surface area contributed by atoms with E-state index in [-0.39, 0.29) is 23.8 Å². The summed E-state index contributed by atoms with van der Waals surface area (Å²) in [6.45, 7) is 12.2. The van der Waals surface area contributed by atoms with Crippen LogP contribution in [-0.2, 0) is 21.0 Å². The van der Waals surface area contributed by atoms with Gasteiger partial charge in [-0.3, -0.25) is 4.90 Å². The minimum atomic E-state index is -3.40. The zero-order valence-corrected chi connectivity index (χ0v) is 27.5. The first-order chi connectivity index (χ1) is 20.1. The third-order valence-electron chi connectivity index (χ3n) is 9.51. The van der Waals surface area contributed by atoms with Crippen molar-refractivity contribution in [3.63, 3.8) is 0 Å². The standard InChI is InChI=1S/C33H48ClN3O4S/c1-6-40-15-14-36-13-11-25(20-36)22-42(38,39)28-9-10-32(24(3)17-28)41-33-30-18-26(34)16-23(2)29(30)19-31(33)37-12-7-8-27(21-37)35(4)5/h9-10,16-18,25,27,31,33H,6-8,11-15,19-22H2,1-5H3/t25-,27+,31-,33-/m0/s1. The fraction of sp³-hybridized carbons (Fsp3) is 0.636. The van der Waals surface area contributed by atoms with Crippen molar-refractivity contribution in [1.29, 1.82) is 0 Å². The van der Waals surface area contributed by atoms with Gasteiger partial charge in [-0.15, -0.1) is 0 Å². The molecule has 0 unspecified atom stereocenters. The molecule has 0 radical (unpaired) electrons. The van der Waals surface area contributed by atoms with Crippen LogP contribution in [-0.4, -0.2) is 101 Å². The number of nitrogens with zero attached hydrogens (tertiary/aromatic N) is 3. The summed E-state index contributed by atoms with van der Waals surface area (Å²) in [5.74, 6) is 1.06. The number of piperidine rings is 1. The predicted octanol–water partition coefficient (Wildman–Crippen LogP) is 5.16. The van der Waals surface area contributed by atoms with E-state index in [1.807, 2.05) is 26.0 Å². The fourth-order valence-corrected chi connectivity index (χ4v) is 9.10. The number of sulfone groups is 1. The summed E-state index contributed by atoms with van der Waals surface area (Å²) in [6, 6.07) is 10.2. The lowest BCUT2D eigenvalue weighted by molar-refractivity contribution is 0.0377. The molecule has 0 saturated carbocycles. The highest BCUT2D eigenvalue weighted by molar-refractivity contribution is 7.91. The monoisotopic (exact) mass is 617 g/mol. The molecule has 5 rings (SSSR count). The van der Waals surface area contributed by atoms with Crippen molar-refractivity contribution < 1.29 is 17.9 Å². The molecule has 1 aliphatic carbocycles. The number of rotatable bonds is 11. The molecule has 2 aromatic rings. The van der Waals surface area contributed by atoms with Gasteiger partial charge in [0.1, 0.15) is 11.9 Å². The molecule has 7 nitrogen and oxygen atoms in total. The molecular formula is C33H48ClN3O4S. The lowest BCUT2D eigenvalue weighted by Crippen LogP contribution is -2.51. The topological polar surface area (TPSA) is 62.3 Å². The van der Waals surface area contributed by atoms with E-state index in [4.69, 9.17) is 21.1 Å². The van der Waals surface area contributed by atoms with Gasteiger partial charge in [-0.1, -0.05) is 11.6 Å². The van der Waals surface area contributed by atoms with Gasteiger partial charge >= 0.3 is 0 Å². The van der Waals surface area contributed by atoms with E-state index in [1.54, 1.807) is 12.1 Å². The number of aryl methyl sites for hydroxylation is 2. The van der Waals surface area contributed by atoms with Gasteiger partial charge in [-0.2, -0.15) is 0 Å². The van der Waals surface area contributed by atoms with Crippen LogP contribution in [0.1, 0.15) is 54.5 Å². The molecule has 9 heteroatoms. The van der Waals surface area contributed by atoms with Gasteiger partial charge in [-0.05, 0) is 132 Å². The molecule has 2 aliphatic heterocycles. The first-order valence-corrected chi connectivity index (χ1v) is 17.6. The summed E-state index contributed by atoms with van der Waals surface area (Å²) in [7, 11) is 0.928. The number of benzene rings is 2. The first kappa shape index (κ1) is 31.7. The SMILES string of the molecule is CCOCCN1CC[C@H](CS(=O)(=O)c2ccc(O[C@H]3c4cc(Cl)cc(C)c4C[C@@H]3N3CCC[C@@H](N(C)C)C3)c(C)c2)C1. The van der Waals surface area contributed by atoms with Gasteiger partial charge in [0.15, 0.2) is 9.84 Å². The lowest BCUT2D eigenvalue weighted by atomic mass is 10.0. The van der Waals surface area contributed by atoms with E-state index in [0.29, 0.717) is 24.2 Å². The average Bonchev–Trinajstić information content (AvgIpc) is 3.54. The summed E-state index contributed by atoms with van der Waals surface area (Å²) in [5.41, 5.74) is 4.53. The number of hydrogen-bond donors (Lipinski definition) is 0. The first-order valence-electron chi connectivity index (χ1n) is 15.5. The Morgan fingerprint density at radius 1 is 1.05 bits per heavy atom. The highest BCUT2D eigenvalue weighted by Gasteiger charge is 2.41. The van der Waals surface area contributed by atoms with Crippen molar-refractivity contribution in [2.45, 2.75) is 69.5 Å². The quantitative estimate of drug-likeness (QED) is 0.323. The Labute approximate surface area is 258 Å². The Kier molecular flexibility index (Phi) is 10.2. The van der Waals surface area contributed by atoms with Crippen molar-refractivity contribution in [2.24, 2.45) is 5.92 Å². The molecule has 42 heavy (non-hydrogen) atoms. The molecule has 2 aromatic carbocycles. The number of hydrogen-bond acceptors (Lipinski definition) is 7. The highest BCUT2D eigenvalue weighted by Crippen LogP contribution is 2.42. The number of ether oxygens (including phenoxy) is 2. The molecule has 232 valence electrons. The average molecular weight is 618 g/mol. The van der Waals surface area contributed by atoms with Crippen molar-refractivity contribution >= 4 is 21.4 Å². The van der Waals surface area contributed by atoms with Gasteiger partial charge in [0.2, 0.25) is 0 Å². The van der Waals surface area contributed by atoms with Crippen LogP contribution in [0.4, 0.5) is 0 Å². The number of fused-ring (bicyclic) bond motifs is 1. The van der Waals surface area contributed by atoms with Crippen LogP contribution in [0, 0.1) is 19.8 Å². The molecule has 2 fully saturated rings. The van der Waals surface area contributed by atoms with Gasteiger partial charge in [-0.25, -0.2) is 8.42 Å². The molecule has 2 saturated heterocycles. The van der Waals surface area contributed by atoms with Crippen LogP contribution in [0.25, 0.3) is 0 Å². The van der Waals surface area contributed by atoms with Crippen LogP contribution in [0.15, 0.2) is 35.2 Å². The van der Waals surface area contributed by atoms with E-state index in [0.717, 1.165) is 67.5 Å². The third kappa shape index (κ3) is 7.16. The maximum absolute atomic E-state index is 13.4. The zero-order chi connectivity index (χ0) is 30.0. The van der Waals surface area contributed by atoms with Crippen LogP contribution >= 0.6 is 11.6 Å². The van der Waals surface area contributed by atoms with Crippen molar-refractivity contribution in [3.05, 3.63) is 57.6 Å². The number of likely N-dealkylation sites (tertiary alicyclic amines) is 2. The van der Waals surface area contributed by atoms with E-state index in [9.17, 15) is 8.42 Å². The van der Waals surface area contributed by atoms with Gasteiger partial charge < -0.3 is 19.3 Å². The Morgan fingerprint density at radius 3 is 2.60 bits per heavy atom. The van der Waals surface area contributed by atoms with Crippen molar-refractivity contribution in [2.75, 3.05) is 65.8 Å². The second-order valence-corrected chi connectivity index (χ2v) is 15.2.